The fraction of sp³-hybridized carbons (Fsp3) is 0.417. The van der Waals surface area contributed by atoms with E-state index in [0.29, 0.717) is 0 Å². The van der Waals surface area contributed by atoms with Gasteiger partial charge in [0.25, 0.3) is 0 Å². The molecule has 1 heterocycles. The van der Waals surface area contributed by atoms with Crippen LogP contribution in [0.15, 0.2) is 24.3 Å². The van der Waals surface area contributed by atoms with E-state index in [4.69, 9.17) is 0 Å². The highest BCUT2D eigenvalue weighted by atomic mass is 19.1. The van der Waals surface area contributed by atoms with Crippen LogP contribution in [0.4, 0.5) is 4.39 Å². The molecule has 1 fully saturated rings. The number of carbonyl (C=O) groups is 1. The molecule has 2 rings (SSSR count). The van der Waals surface area contributed by atoms with Crippen LogP contribution < -0.4 is 10.9 Å². The number of hydrazine groups is 1. The van der Waals surface area contributed by atoms with E-state index in [0.717, 1.165) is 18.3 Å². The Hall–Kier alpha value is -1.26. The molecule has 0 spiro atoms. The second kappa shape index (κ2) is 4.72. The number of nitrogens with one attached hydrogen (secondary N) is 2. The van der Waals surface area contributed by atoms with E-state index in [1.807, 2.05) is 6.92 Å². The summed E-state index contributed by atoms with van der Waals surface area (Å²) in [5.41, 5.74) is 7.17. The van der Waals surface area contributed by atoms with E-state index in [1.165, 1.54) is 12.1 Å². The smallest absolute Gasteiger partial charge is 0.126 e. The van der Waals surface area contributed by atoms with Crippen molar-refractivity contribution in [2.24, 2.45) is 5.92 Å². The molecule has 0 saturated carbocycles. The van der Waals surface area contributed by atoms with E-state index >= 15 is 0 Å². The summed E-state index contributed by atoms with van der Waals surface area (Å²) in [6.07, 6.45) is 1.70. The topological polar surface area (TPSA) is 41.1 Å². The van der Waals surface area contributed by atoms with Gasteiger partial charge in [-0.25, -0.2) is 4.39 Å². The molecule has 0 radical (unpaired) electrons. The summed E-state index contributed by atoms with van der Waals surface area (Å²) in [5, 5.41) is 0. The Bertz CT molecular complexity index is 366. The number of rotatable bonds is 3. The molecule has 3 nitrogen and oxygen atoms in total. The van der Waals surface area contributed by atoms with Crippen molar-refractivity contribution in [1.82, 2.24) is 10.9 Å². The Kier molecular flexibility index (Phi) is 3.31. The molecule has 3 unspecified atom stereocenters. The fourth-order valence-electron chi connectivity index (χ4n) is 2.05. The second-order valence-corrected chi connectivity index (χ2v) is 4.23. The summed E-state index contributed by atoms with van der Waals surface area (Å²) in [5.74, 6) is -0.272. The average Bonchev–Trinajstić information content (AvgIpc) is 2.63. The van der Waals surface area contributed by atoms with E-state index in [-0.39, 0.29) is 23.8 Å². The first-order chi connectivity index (χ1) is 7.70. The van der Waals surface area contributed by atoms with Crippen LogP contribution in [0.2, 0.25) is 0 Å². The Balaban J connectivity index is 2.04. The normalized spacial score (nSPS) is 29.2. The van der Waals surface area contributed by atoms with Gasteiger partial charge in [0.1, 0.15) is 12.1 Å². The zero-order chi connectivity index (χ0) is 11.5. The lowest BCUT2D eigenvalue weighted by Gasteiger charge is -2.14. The fourth-order valence-corrected chi connectivity index (χ4v) is 2.05. The Morgan fingerprint density at radius 3 is 2.62 bits per heavy atom. The summed E-state index contributed by atoms with van der Waals surface area (Å²) >= 11 is 0. The van der Waals surface area contributed by atoms with Gasteiger partial charge >= 0.3 is 0 Å². The standard InChI is InChI=1S/C12H15FN2O/c1-8-11(7-16)12(15-14-8)6-9-2-4-10(13)5-3-9/h2-5,7-8,11-12,14-15H,6H2,1H3. The molecular weight excluding hydrogens is 207 g/mol. The van der Waals surface area contributed by atoms with Crippen molar-refractivity contribution in [2.75, 3.05) is 0 Å². The largest absolute Gasteiger partial charge is 0.303 e. The first-order valence-corrected chi connectivity index (χ1v) is 5.41. The maximum absolute atomic E-state index is 12.7. The third-order valence-corrected chi connectivity index (χ3v) is 3.06. The number of carbonyl (C=O) groups excluding carboxylic acids is 1. The second-order valence-electron chi connectivity index (χ2n) is 4.23. The molecule has 1 aromatic carbocycles. The predicted octanol–water partition coefficient (Wildman–Crippen LogP) is 1.05. The highest BCUT2D eigenvalue weighted by Gasteiger charge is 2.32. The summed E-state index contributed by atoms with van der Waals surface area (Å²) in [4.78, 5) is 10.9. The number of halogens is 1. The molecule has 3 atom stereocenters. The van der Waals surface area contributed by atoms with Gasteiger partial charge in [0.2, 0.25) is 0 Å². The van der Waals surface area contributed by atoms with Gasteiger partial charge in [0.15, 0.2) is 0 Å². The van der Waals surface area contributed by atoms with Gasteiger partial charge in [0.05, 0.1) is 0 Å². The lowest BCUT2D eigenvalue weighted by atomic mass is 9.92. The van der Waals surface area contributed by atoms with Crippen molar-refractivity contribution < 1.29 is 9.18 Å². The van der Waals surface area contributed by atoms with Crippen LogP contribution in [-0.2, 0) is 11.2 Å². The van der Waals surface area contributed by atoms with Crippen LogP contribution in [0.25, 0.3) is 0 Å². The predicted molar refractivity (Wildman–Crippen MR) is 59.2 cm³/mol. The highest BCUT2D eigenvalue weighted by Crippen LogP contribution is 2.17. The van der Waals surface area contributed by atoms with E-state index in [1.54, 1.807) is 12.1 Å². The highest BCUT2D eigenvalue weighted by molar-refractivity contribution is 5.57. The Morgan fingerprint density at radius 2 is 2.00 bits per heavy atom. The molecule has 86 valence electrons. The third-order valence-electron chi connectivity index (χ3n) is 3.06. The summed E-state index contributed by atoms with van der Waals surface area (Å²) in [6, 6.07) is 6.61. The quantitative estimate of drug-likeness (QED) is 0.751. The SMILES string of the molecule is CC1NNC(Cc2ccc(F)cc2)C1C=O. The van der Waals surface area contributed by atoms with Gasteiger partial charge < -0.3 is 4.79 Å². The first kappa shape index (κ1) is 11.2. The molecular formula is C12H15FN2O. The van der Waals surface area contributed by atoms with Crippen molar-refractivity contribution >= 4 is 6.29 Å². The van der Waals surface area contributed by atoms with E-state index in [2.05, 4.69) is 10.9 Å². The average molecular weight is 222 g/mol. The van der Waals surface area contributed by atoms with Gasteiger partial charge in [-0.1, -0.05) is 12.1 Å². The Morgan fingerprint density at radius 1 is 1.31 bits per heavy atom. The summed E-state index contributed by atoms with van der Waals surface area (Å²) < 4.78 is 12.7. The molecule has 1 aliphatic heterocycles. The Labute approximate surface area is 94.0 Å². The van der Waals surface area contributed by atoms with Crippen molar-refractivity contribution in [1.29, 1.82) is 0 Å². The number of aldehydes is 1. The van der Waals surface area contributed by atoms with Gasteiger partial charge in [-0.15, -0.1) is 0 Å². The lowest BCUT2D eigenvalue weighted by molar-refractivity contribution is -0.111. The maximum Gasteiger partial charge on any atom is 0.126 e. The van der Waals surface area contributed by atoms with E-state index < -0.39 is 0 Å². The molecule has 0 aromatic heterocycles. The van der Waals surface area contributed by atoms with Gasteiger partial charge in [-0.2, -0.15) is 0 Å². The maximum atomic E-state index is 12.7. The van der Waals surface area contributed by atoms with Crippen LogP contribution in [0.1, 0.15) is 12.5 Å². The minimum Gasteiger partial charge on any atom is -0.303 e. The van der Waals surface area contributed by atoms with E-state index in [9.17, 15) is 9.18 Å². The zero-order valence-corrected chi connectivity index (χ0v) is 9.11. The monoisotopic (exact) mass is 222 g/mol. The van der Waals surface area contributed by atoms with Crippen LogP contribution in [0, 0.1) is 11.7 Å². The van der Waals surface area contributed by atoms with Crippen molar-refractivity contribution in [2.45, 2.75) is 25.4 Å². The third kappa shape index (κ3) is 2.28. The van der Waals surface area contributed by atoms with Crippen LogP contribution in [0.5, 0.6) is 0 Å². The zero-order valence-electron chi connectivity index (χ0n) is 9.11. The molecule has 16 heavy (non-hydrogen) atoms. The van der Waals surface area contributed by atoms with Crippen molar-refractivity contribution in [3.05, 3.63) is 35.6 Å². The molecule has 1 aliphatic rings. The minimum atomic E-state index is -0.235. The molecule has 4 heteroatoms. The first-order valence-electron chi connectivity index (χ1n) is 5.41. The number of hydrogen-bond donors (Lipinski definition) is 2. The minimum absolute atomic E-state index is 0.0370. The van der Waals surface area contributed by atoms with Crippen LogP contribution >= 0.6 is 0 Å². The van der Waals surface area contributed by atoms with Crippen molar-refractivity contribution in [3.8, 4) is 0 Å². The van der Waals surface area contributed by atoms with Gasteiger partial charge in [-0.05, 0) is 31.0 Å². The molecule has 0 bridgehead atoms. The number of benzene rings is 1. The number of hydrogen-bond acceptors (Lipinski definition) is 3. The molecule has 1 aromatic rings. The summed E-state index contributed by atoms with van der Waals surface area (Å²) in [6.45, 7) is 1.97. The van der Waals surface area contributed by atoms with Crippen molar-refractivity contribution in [3.63, 3.8) is 0 Å². The molecule has 0 amide bonds. The van der Waals surface area contributed by atoms with Gasteiger partial charge in [-0.3, -0.25) is 10.9 Å². The summed E-state index contributed by atoms with van der Waals surface area (Å²) in [7, 11) is 0. The molecule has 0 aliphatic carbocycles. The van der Waals surface area contributed by atoms with Gasteiger partial charge in [0, 0.05) is 18.0 Å². The molecule has 1 saturated heterocycles. The lowest BCUT2D eigenvalue weighted by Crippen LogP contribution is -2.34. The van der Waals surface area contributed by atoms with Crippen LogP contribution in [0.3, 0.4) is 0 Å². The molecule has 2 N–H and O–H groups in total. The van der Waals surface area contributed by atoms with Crippen LogP contribution in [-0.4, -0.2) is 18.4 Å².